The number of rotatable bonds is 10. The predicted molar refractivity (Wildman–Crippen MR) is 191 cm³/mol. The molecule has 1 N–H and O–H groups in total. The lowest BCUT2D eigenvalue weighted by Crippen LogP contribution is -2.76. The van der Waals surface area contributed by atoms with E-state index in [1.54, 1.807) is 28.0 Å². The maximum atomic E-state index is 14.4. The monoisotopic (exact) mass is 699 g/mol. The molecule has 7 rings (SSSR count). The van der Waals surface area contributed by atoms with E-state index in [9.17, 15) is 14.4 Å². The minimum atomic E-state index is -0.804. The second kappa shape index (κ2) is 14.8. The number of hydrogen-bond acceptors (Lipinski definition) is 8. The van der Waals surface area contributed by atoms with Crippen molar-refractivity contribution in [1.29, 1.82) is 0 Å². The number of allylic oxidation sites excluding steroid dienone is 9. The van der Waals surface area contributed by atoms with Crippen molar-refractivity contribution in [2.75, 3.05) is 5.75 Å². The Labute approximate surface area is 293 Å². The lowest BCUT2D eigenvalue weighted by Gasteiger charge is -2.54. The third-order valence-corrected chi connectivity index (χ3v) is 13.1. The lowest BCUT2D eigenvalue weighted by molar-refractivity contribution is -0.671. The van der Waals surface area contributed by atoms with E-state index >= 15 is 0 Å². The van der Waals surface area contributed by atoms with Crippen molar-refractivity contribution in [2.24, 2.45) is 13.0 Å². The van der Waals surface area contributed by atoms with Crippen LogP contribution in [0.2, 0.25) is 0 Å². The molecule has 5 aliphatic rings. The number of carbonyl (C=O) groups excluding carboxylic acids is 3. The number of β-lactam (4-membered cyclic amide) rings is 1. The fraction of sp³-hybridized carbons (Fsp3) is 0.378. The van der Waals surface area contributed by atoms with E-state index in [0.717, 1.165) is 58.8 Å². The highest BCUT2D eigenvalue weighted by Gasteiger charge is 2.59. The molecule has 2 saturated heterocycles. The van der Waals surface area contributed by atoms with Gasteiger partial charge in [-0.15, -0.1) is 23.1 Å². The summed E-state index contributed by atoms with van der Waals surface area (Å²) in [6.45, 7) is 0. The normalized spacial score (nSPS) is 26.6. The van der Waals surface area contributed by atoms with Crippen molar-refractivity contribution >= 4 is 52.6 Å². The van der Waals surface area contributed by atoms with Crippen LogP contribution in [0.3, 0.4) is 0 Å². The smallest absolute Gasteiger partial charge is 0.330 e. The molecule has 11 heteroatoms. The fourth-order valence-electron chi connectivity index (χ4n) is 6.71. The molecule has 48 heavy (non-hydrogen) atoms. The topological polar surface area (TPSA) is 92.5 Å². The highest BCUT2D eigenvalue weighted by atomic mass is 32.2. The van der Waals surface area contributed by atoms with Crippen LogP contribution in [0.5, 0.6) is 0 Å². The second-order valence-corrected chi connectivity index (χ2v) is 16.1. The predicted octanol–water partition coefficient (Wildman–Crippen LogP) is 5.85. The van der Waals surface area contributed by atoms with Crippen LogP contribution in [0.1, 0.15) is 38.5 Å². The maximum Gasteiger partial charge on any atom is 0.330 e. The number of thiazole rings is 1. The lowest BCUT2D eigenvalue weighted by atomic mass is 9.86. The van der Waals surface area contributed by atoms with E-state index in [2.05, 4.69) is 35.7 Å². The van der Waals surface area contributed by atoms with Gasteiger partial charge in [-0.3, -0.25) is 9.59 Å². The fourth-order valence-corrected chi connectivity index (χ4v) is 10.6. The van der Waals surface area contributed by atoms with Crippen molar-refractivity contribution in [3.63, 3.8) is 0 Å². The van der Waals surface area contributed by atoms with Crippen molar-refractivity contribution in [1.82, 2.24) is 15.2 Å². The van der Waals surface area contributed by atoms with Crippen LogP contribution in [0.4, 0.5) is 0 Å². The van der Waals surface area contributed by atoms with E-state index in [0.29, 0.717) is 5.75 Å². The molecule has 2 aromatic rings. The molecule has 2 aromatic heterocycles. The Morgan fingerprint density at radius 1 is 1.10 bits per heavy atom. The molecule has 0 spiro atoms. The van der Waals surface area contributed by atoms with E-state index in [1.807, 2.05) is 71.9 Å². The van der Waals surface area contributed by atoms with Gasteiger partial charge in [-0.05, 0) is 37.7 Å². The molecule has 2 aliphatic heterocycles. The molecular formula is C37H39N4O4S3+. The Hall–Kier alpha value is -3.67. The zero-order chi connectivity index (χ0) is 33.0. The van der Waals surface area contributed by atoms with Gasteiger partial charge in [0, 0.05) is 41.2 Å². The molecule has 2 fully saturated rings. The number of fused-ring (bicyclic) bond motifs is 1. The van der Waals surface area contributed by atoms with Gasteiger partial charge >= 0.3 is 5.97 Å². The van der Waals surface area contributed by atoms with Gasteiger partial charge in [-0.2, -0.15) is 0 Å². The number of nitrogens with one attached hydrogen (secondary N) is 1. The number of pyridine rings is 1. The van der Waals surface area contributed by atoms with Crippen LogP contribution >= 0.6 is 34.9 Å². The van der Waals surface area contributed by atoms with Crippen molar-refractivity contribution in [3.05, 3.63) is 102 Å². The third kappa shape index (κ3) is 7.18. The quantitative estimate of drug-likeness (QED) is 0.189. The summed E-state index contributed by atoms with van der Waals surface area (Å²) in [6.07, 6.45) is 28.6. The third-order valence-electron chi connectivity index (χ3n) is 9.28. The first kappa shape index (κ1) is 32.9. The number of thioether (sulfide) groups is 2. The van der Waals surface area contributed by atoms with Crippen LogP contribution < -0.4 is 9.88 Å². The summed E-state index contributed by atoms with van der Waals surface area (Å²) in [4.78, 5) is 47.8. The Morgan fingerprint density at radius 3 is 2.65 bits per heavy atom. The summed E-state index contributed by atoms with van der Waals surface area (Å²) in [7, 11) is 1.98. The molecule has 8 nitrogen and oxygen atoms in total. The number of esters is 1. The summed E-state index contributed by atoms with van der Waals surface area (Å²) in [5.41, 5.74) is 4.05. The summed E-state index contributed by atoms with van der Waals surface area (Å²) < 4.78 is 9.30. The van der Waals surface area contributed by atoms with Gasteiger partial charge in [0.1, 0.15) is 30.6 Å². The Balaban J connectivity index is 1.12. The number of nitrogens with zero attached hydrogens (tertiary/aromatic N) is 3. The van der Waals surface area contributed by atoms with Gasteiger partial charge in [0.2, 0.25) is 11.8 Å². The van der Waals surface area contributed by atoms with E-state index in [-0.39, 0.29) is 34.8 Å². The number of amides is 2. The van der Waals surface area contributed by atoms with Gasteiger partial charge in [-0.1, -0.05) is 78.1 Å². The van der Waals surface area contributed by atoms with E-state index in [4.69, 9.17) is 9.72 Å². The van der Waals surface area contributed by atoms with Gasteiger partial charge in [-0.25, -0.2) is 14.3 Å². The minimum Gasteiger partial charge on any atom is -0.456 e. The first-order chi connectivity index (χ1) is 23.4. The molecule has 0 radical (unpaired) electrons. The van der Waals surface area contributed by atoms with Crippen LogP contribution in [0, 0.1) is 5.92 Å². The van der Waals surface area contributed by atoms with Gasteiger partial charge in [0.15, 0.2) is 16.7 Å². The standard InChI is InChI=1S/C37H38N4O4S3/c1-40-19-17-25(18-20-40)28-22-47-37(38-28)48-29-23-46-35-31(39-30(42)21-24-11-5-2-6-12-24)34(43)41(35)32(29)36(44)45-33(26-13-7-3-8-14-26)27-15-9-4-10-16-27/h2-5,7-9,11,13,15,17-20,22,26,29,31-33,35H,6,10,12,14,16,21,23H2,1H3/p+1/t26-,29?,31?,32-,33?,35?/m0/s1. The zero-order valence-electron chi connectivity index (χ0n) is 26.8. The number of aryl methyl sites for hydroxylation is 1. The second-order valence-electron chi connectivity index (χ2n) is 12.6. The molecule has 6 atom stereocenters. The number of aromatic nitrogens is 2. The first-order valence-electron chi connectivity index (χ1n) is 16.5. The highest BCUT2D eigenvalue weighted by Crippen LogP contribution is 2.45. The summed E-state index contributed by atoms with van der Waals surface area (Å²) in [6, 6.07) is 2.59. The Morgan fingerprint density at radius 2 is 1.92 bits per heavy atom. The average molecular weight is 700 g/mol. The Kier molecular flexibility index (Phi) is 10.2. The molecular weight excluding hydrogens is 661 g/mol. The summed E-state index contributed by atoms with van der Waals surface area (Å²) in [5, 5.41) is 4.42. The van der Waals surface area contributed by atoms with Crippen LogP contribution in [-0.2, 0) is 26.2 Å². The van der Waals surface area contributed by atoms with Gasteiger partial charge < -0.3 is 15.0 Å². The van der Waals surface area contributed by atoms with E-state index in [1.165, 1.54) is 11.8 Å². The van der Waals surface area contributed by atoms with Crippen molar-refractivity contribution in [3.8, 4) is 11.3 Å². The molecule has 4 heterocycles. The van der Waals surface area contributed by atoms with Gasteiger partial charge in [0.25, 0.3) is 0 Å². The summed E-state index contributed by atoms with van der Waals surface area (Å²) >= 11 is 4.68. The van der Waals surface area contributed by atoms with Gasteiger partial charge in [0.05, 0.1) is 10.9 Å². The largest absolute Gasteiger partial charge is 0.456 e. The van der Waals surface area contributed by atoms with Crippen molar-refractivity contribution < 1.29 is 23.7 Å². The first-order valence-corrected chi connectivity index (χ1v) is 19.3. The van der Waals surface area contributed by atoms with Crippen LogP contribution in [0.25, 0.3) is 11.3 Å². The molecule has 2 amide bonds. The number of carbonyl (C=O) groups is 3. The molecule has 0 bridgehead atoms. The molecule has 0 aromatic carbocycles. The average Bonchev–Trinajstić information content (AvgIpc) is 3.59. The summed E-state index contributed by atoms with van der Waals surface area (Å²) in [5.74, 6) is -0.163. The molecule has 3 aliphatic carbocycles. The van der Waals surface area contributed by atoms with Crippen LogP contribution in [0.15, 0.2) is 106 Å². The number of hydrogen-bond donors (Lipinski definition) is 1. The Bertz CT molecular complexity index is 1740. The van der Waals surface area contributed by atoms with Crippen molar-refractivity contribution in [2.45, 2.75) is 71.7 Å². The van der Waals surface area contributed by atoms with Crippen LogP contribution in [-0.4, -0.2) is 62.2 Å². The zero-order valence-corrected chi connectivity index (χ0v) is 29.2. The molecule has 4 unspecified atom stereocenters. The highest BCUT2D eigenvalue weighted by molar-refractivity contribution is 8.04. The molecule has 248 valence electrons. The molecule has 0 saturated carbocycles. The number of ether oxygens (including phenoxy) is 1. The maximum absolute atomic E-state index is 14.4. The minimum absolute atomic E-state index is 0.0221. The SMILES string of the molecule is C[n+]1ccc(-c2csc(SC3CSC4C(NC(=O)CC5=CC=CCC5)C(=O)N4[C@@H]3C(=O)OC(C3=CC=CCC3)[C@H]3C=CC=CC3)n2)cc1. The van der Waals surface area contributed by atoms with E-state index < -0.39 is 24.2 Å².